The van der Waals surface area contributed by atoms with Crippen LogP contribution < -0.4 is 19.1 Å². The van der Waals surface area contributed by atoms with E-state index >= 15 is 0 Å². The lowest BCUT2D eigenvalue weighted by atomic mass is 10.1. The lowest BCUT2D eigenvalue weighted by Crippen LogP contribution is -2.31. The molecular weight excluding hydrogens is 378 g/mol. The molecule has 2 aromatic rings. The van der Waals surface area contributed by atoms with Crippen LogP contribution in [0.3, 0.4) is 0 Å². The molecule has 0 spiro atoms. The van der Waals surface area contributed by atoms with Crippen LogP contribution in [0, 0.1) is 0 Å². The number of amides is 2. The highest BCUT2D eigenvalue weighted by molar-refractivity contribution is 8.04. The molecule has 6 nitrogen and oxygen atoms in total. The van der Waals surface area contributed by atoms with E-state index in [1.165, 1.54) is 30.9 Å². The molecule has 0 atom stereocenters. The van der Waals surface area contributed by atoms with Gasteiger partial charge in [0.25, 0.3) is 11.8 Å². The molecule has 7 heteroatoms. The van der Waals surface area contributed by atoms with E-state index in [0.29, 0.717) is 44.7 Å². The number of imide groups is 1. The highest BCUT2D eigenvalue weighted by Crippen LogP contribution is 2.40. The SMILES string of the molecule is CCSC1=C(c2ccc(OC)cc2)C(=O)N(c2cc(OC)cc(OC)c2)C1=O. The predicted octanol–water partition coefficient (Wildman–Crippen LogP) is 3.75. The van der Waals surface area contributed by atoms with Gasteiger partial charge in [-0.1, -0.05) is 19.1 Å². The van der Waals surface area contributed by atoms with Crippen molar-refractivity contribution in [3.05, 3.63) is 52.9 Å². The summed E-state index contributed by atoms with van der Waals surface area (Å²) >= 11 is 1.36. The number of carbonyl (C=O) groups excluding carboxylic acids is 2. The highest BCUT2D eigenvalue weighted by Gasteiger charge is 2.40. The van der Waals surface area contributed by atoms with Gasteiger partial charge in [0.1, 0.15) is 17.2 Å². The van der Waals surface area contributed by atoms with E-state index in [0.717, 1.165) is 0 Å². The first-order valence-electron chi connectivity index (χ1n) is 8.67. The molecule has 146 valence electrons. The summed E-state index contributed by atoms with van der Waals surface area (Å²) in [5, 5.41) is 0. The first-order valence-corrected chi connectivity index (χ1v) is 9.66. The Labute approximate surface area is 168 Å². The molecule has 0 unspecified atom stereocenters. The topological polar surface area (TPSA) is 65.1 Å². The van der Waals surface area contributed by atoms with Crippen molar-refractivity contribution in [1.82, 2.24) is 0 Å². The number of rotatable bonds is 7. The number of ether oxygens (including phenoxy) is 3. The maximum absolute atomic E-state index is 13.3. The summed E-state index contributed by atoms with van der Waals surface area (Å²) in [6.07, 6.45) is 0. The maximum atomic E-state index is 13.3. The van der Waals surface area contributed by atoms with Crippen molar-refractivity contribution in [3.8, 4) is 17.2 Å². The predicted molar refractivity (Wildman–Crippen MR) is 110 cm³/mol. The first kappa shape index (κ1) is 19.8. The summed E-state index contributed by atoms with van der Waals surface area (Å²) < 4.78 is 15.7. The van der Waals surface area contributed by atoms with E-state index in [9.17, 15) is 9.59 Å². The lowest BCUT2D eigenvalue weighted by molar-refractivity contribution is -0.119. The fraction of sp³-hybridized carbons (Fsp3) is 0.238. The molecule has 28 heavy (non-hydrogen) atoms. The third kappa shape index (κ3) is 3.57. The molecule has 1 aliphatic heterocycles. The molecule has 0 aromatic heterocycles. The van der Waals surface area contributed by atoms with Gasteiger partial charge in [-0.2, -0.15) is 0 Å². The molecule has 0 fully saturated rings. The molecule has 0 radical (unpaired) electrons. The number of thioether (sulfide) groups is 1. The van der Waals surface area contributed by atoms with Crippen molar-refractivity contribution in [2.75, 3.05) is 32.0 Å². The molecule has 0 bridgehead atoms. The number of hydrogen-bond acceptors (Lipinski definition) is 6. The van der Waals surface area contributed by atoms with Gasteiger partial charge in [-0.25, -0.2) is 4.90 Å². The van der Waals surface area contributed by atoms with Crippen LogP contribution in [0.2, 0.25) is 0 Å². The van der Waals surface area contributed by atoms with Crippen LogP contribution in [-0.2, 0) is 9.59 Å². The molecule has 0 N–H and O–H groups in total. The van der Waals surface area contributed by atoms with Crippen LogP contribution in [0.5, 0.6) is 17.2 Å². The Morgan fingerprint density at radius 2 is 1.39 bits per heavy atom. The zero-order valence-corrected chi connectivity index (χ0v) is 17.0. The number of methoxy groups -OCH3 is 3. The van der Waals surface area contributed by atoms with Crippen LogP contribution in [-0.4, -0.2) is 38.9 Å². The Morgan fingerprint density at radius 1 is 0.821 bits per heavy atom. The minimum absolute atomic E-state index is 0.349. The molecule has 1 aliphatic rings. The van der Waals surface area contributed by atoms with Gasteiger partial charge >= 0.3 is 0 Å². The number of anilines is 1. The largest absolute Gasteiger partial charge is 0.497 e. The summed E-state index contributed by atoms with van der Waals surface area (Å²) in [6, 6.07) is 12.1. The number of hydrogen-bond donors (Lipinski definition) is 0. The first-order chi connectivity index (χ1) is 13.5. The fourth-order valence-electron chi connectivity index (χ4n) is 2.96. The monoisotopic (exact) mass is 399 g/mol. The van der Waals surface area contributed by atoms with E-state index in [1.807, 2.05) is 6.92 Å². The molecule has 2 aromatic carbocycles. The van der Waals surface area contributed by atoms with Crippen molar-refractivity contribution in [3.63, 3.8) is 0 Å². The summed E-state index contributed by atoms with van der Waals surface area (Å²) in [7, 11) is 4.62. The number of benzene rings is 2. The molecule has 1 heterocycles. The summed E-state index contributed by atoms with van der Waals surface area (Å²) in [4.78, 5) is 28.0. The molecule has 0 aliphatic carbocycles. The minimum atomic E-state index is -0.374. The van der Waals surface area contributed by atoms with Crippen molar-refractivity contribution < 1.29 is 23.8 Å². The second-order valence-electron chi connectivity index (χ2n) is 5.88. The van der Waals surface area contributed by atoms with Crippen molar-refractivity contribution in [2.45, 2.75) is 6.92 Å². The van der Waals surface area contributed by atoms with Crippen molar-refractivity contribution in [1.29, 1.82) is 0 Å². The van der Waals surface area contributed by atoms with Crippen LogP contribution in [0.15, 0.2) is 47.4 Å². The van der Waals surface area contributed by atoms with Crippen LogP contribution in [0.25, 0.3) is 5.57 Å². The molecule has 3 rings (SSSR count). The van der Waals surface area contributed by atoms with E-state index in [-0.39, 0.29) is 11.8 Å². The van der Waals surface area contributed by atoms with Gasteiger partial charge in [-0.15, -0.1) is 11.8 Å². The second kappa shape index (κ2) is 8.39. The number of nitrogens with zero attached hydrogens (tertiary/aromatic N) is 1. The van der Waals surface area contributed by atoms with Gasteiger partial charge < -0.3 is 14.2 Å². The van der Waals surface area contributed by atoms with Crippen molar-refractivity contribution >= 4 is 34.8 Å². The van der Waals surface area contributed by atoms with Gasteiger partial charge in [0.05, 0.1) is 37.5 Å². The Bertz CT molecular complexity index is 914. The average Bonchev–Trinajstić information content (AvgIpc) is 2.97. The third-order valence-corrected chi connectivity index (χ3v) is 5.26. The zero-order valence-electron chi connectivity index (χ0n) is 16.1. The summed E-state index contributed by atoms with van der Waals surface area (Å²) in [5.74, 6) is 1.62. The molecule has 0 saturated heterocycles. The third-order valence-electron chi connectivity index (χ3n) is 4.30. The van der Waals surface area contributed by atoms with E-state index in [2.05, 4.69) is 0 Å². The normalized spacial score (nSPS) is 13.9. The van der Waals surface area contributed by atoms with Gasteiger partial charge in [-0.3, -0.25) is 9.59 Å². The lowest BCUT2D eigenvalue weighted by Gasteiger charge is -2.17. The van der Waals surface area contributed by atoms with Gasteiger partial charge in [-0.05, 0) is 23.4 Å². The molecule has 2 amide bonds. The van der Waals surface area contributed by atoms with Gasteiger partial charge in [0.2, 0.25) is 0 Å². The average molecular weight is 399 g/mol. The Hall–Kier alpha value is -2.93. The quantitative estimate of drug-likeness (QED) is 0.661. The van der Waals surface area contributed by atoms with E-state index in [4.69, 9.17) is 14.2 Å². The fourth-order valence-corrected chi connectivity index (χ4v) is 3.81. The maximum Gasteiger partial charge on any atom is 0.272 e. The van der Waals surface area contributed by atoms with Crippen LogP contribution >= 0.6 is 11.8 Å². The standard InChI is InChI=1S/C21H21NO5S/c1-5-28-19-18(13-6-8-15(25-2)9-7-13)20(23)22(21(19)24)14-10-16(26-3)12-17(11-14)27-4/h6-12H,5H2,1-4H3. The van der Waals surface area contributed by atoms with Crippen molar-refractivity contribution in [2.24, 2.45) is 0 Å². The smallest absolute Gasteiger partial charge is 0.272 e. The second-order valence-corrected chi connectivity index (χ2v) is 7.16. The number of carbonyl (C=O) groups is 2. The van der Waals surface area contributed by atoms with Crippen LogP contribution in [0.1, 0.15) is 12.5 Å². The Kier molecular flexibility index (Phi) is 5.94. The van der Waals surface area contributed by atoms with Gasteiger partial charge in [0.15, 0.2) is 0 Å². The minimum Gasteiger partial charge on any atom is -0.497 e. The van der Waals surface area contributed by atoms with E-state index < -0.39 is 0 Å². The Morgan fingerprint density at radius 3 is 1.89 bits per heavy atom. The van der Waals surface area contributed by atoms with Crippen LogP contribution in [0.4, 0.5) is 5.69 Å². The van der Waals surface area contributed by atoms with Gasteiger partial charge in [0, 0.05) is 18.2 Å². The van der Waals surface area contributed by atoms with E-state index in [1.54, 1.807) is 49.6 Å². The summed E-state index contributed by atoms with van der Waals surface area (Å²) in [6.45, 7) is 1.94. The zero-order chi connectivity index (χ0) is 20.3. The molecule has 0 saturated carbocycles. The Balaban J connectivity index is 2.08. The molecular formula is C21H21NO5S. The summed E-state index contributed by atoms with van der Waals surface area (Å²) in [5.41, 5.74) is 1.47. The highest BCUT2D eigenvalue weighted by atomic mass is 32.2.